The van der Waals surface area contributed by atoms with Crippen molar-refractivity contribution in [2.75, 3.05) is 12.4 Å². The molecule has 3 heterocycles. The Labute approximate surface area is 130 Å². The summed E-state index contributed by atoms with van der Waals surface area (Å²) in [6.07, 6.45) is -1.16. The van der Waals surface area contributed by atoms with Gasteiger partial charge in [0.1, 0.15) is 18.3 Å². The Bertz CT molecular complexity index is 561. The number of sulfonamides is 1. The lowest BCUT2D eigenvalue weighted by molar-refractivity contribution is -0.281. The third kappa shape index (κ3) is 3.03. The zero-order valence-electron chi connectivity index (χ0n) is 13.2. The highest BCUT2D eigenvalue weighted by Crippen LogP contribution is 2.48. The van der Waals surface area contributed by atoms with E-state index in [1.165, 1.54) is 0 Å². The van der Waals surface area contributed by atoms with E-state index in [0.717, 1.165) is 0 Å². The summed E-state index contributed by atoms with van der Waals surface area (Å²) in [6.45, 7) is 7.39. The molecular formula is C13H23NO7S. The minimum Gasteiger partial charge on any atom is -0.344 e. The Hall–Kier alpha value is -0.290. The predicted molar refractivity (Wildman–Crippen MR) is 75.1 cm³/mol. The molecule has 0 amide bonds. The van der Waals surface area contributed by atoms with Crippen molar-refractivity contribution in [3.63, 3.8) is 0 Å². The maximum absolute atomic E-state index is 11.3. The third-order valence-electron chi connectivity index (χ3n) is 4.01. The van der Waals surface area contributed by atoms with Gasteiger partial charge in [-0.3, -0.25) is 0 Å². The van der Waals surface area contributed by atoms with Gasteiger partial charge < -0.3 is 23.7 Å². The molecule has 22 heavy (non-hydrogen) atoms. The van der Waals surface area contributed by atoms with E-state index in [4.69, 9.17) is 28.8 Å². The van der Waals surface area contributed by atoms with Crippen molar-refractivity contribution < 1.29 is 32.1 Å². The average molecular weight is 337 g/mol. The maximum atomic E-state index is 11.3. The SMILES string of the molecule is CC1(C)OC2[C@@H](CO[C@@]3(CCS(N)(=O)=O)OC(C)(C)O[C@@H]23)O1. The summed E-state index contributed by atoms with van der Waals surface area (Å²) in [4.78, 5) is 0. The molecule has 0 aromatic rings. The van der Waals surface area contributed by atoms with Gasteiger partial charge in [0.15, 0.2) is 11.6 Å². The van der Waals surface area contributed by atoms with E-state index in [-0.39, 0.29) is 31.0 Å². The molecule has 0 spiro atoms. The van der Waals surface area contributed by atoms with E-state index >= 15 is 0 Å². The lowest BCUT2D eigenvalue weighted by Crippen LogP contribution is -2.59. The van der Waals surface area contributed by atoms with Gasteiger partial charge in [-0.1, -0.05) is 0 Å². The molecule has 2 N–H and O–H groups in total. The van der Waals surface area contributed by atoms with Crippen LogP contribution in [0.2, 0.25) is 0 Å². The number of fused-ring (bicyclic) bond motifs is 3. The Morgan fingerprint density at radius 1 is 1.09 bits per heavy atom. The molecule has 3 fully saturated rings. The molecule has 8 nitrogen and oxygen atoms in total. The van der Waals surface area contributed by atoms with Gasteiger partial charge in [-0.15, -0.1) is 0 Å². The van der Waals surface area contributed by atoms with Crippen LogP contribution in [0.15, 0.2) is 0 Å². The van der Waals surface area contributed by atoms with Gasteiger partial charge in [0, 0.05) is 6.42 Å². The summed E-state index contributed by atoms with van der Waals surface area (Å²) in [5.41, 5.74) is 0. The fourth-order valence-corrected chi connectivity index (χ4v) is 3.91. The van der Waals surface area contributed by atoms with Crippen LogP contribution >= 0.6 is 0 Å². The molecule has 0 saturated carbocycles. The second kappa shape index (κ2) is 4.85. The van der Waals surface area contributed by atoms with E-state index < -0.39 is 33.5 Å². The summed E-state index contributed by atoms with van der Waals surface area (Å²) in [5, 5.41) is 5.11. The molecule has 0 aromatic carbocycles. The van der Waals surface area contributed by atoms with Crippen molar-refractivity contribution in [2.45, 2.75) is 69.8 Å². The van der Waals surface area contributed by atoms with Crippen molar-refractivity contribution in [1.29, 1.82) is 0 Å². The Morgan fingerprint density at radius 2 is 1.77 bits per heavy atom. The lowest BCUT2D eigenvalue weighted by atomic mass is 9.95. The molecule has 3 rings (SSSR count). The molecule has 0 aromatic heterocycles. The van der Waals surface area contributed by atoms with Crippen molar-refractivity contribution >= 4 is 10.0 Å². The minimum absolute atomic E-state index is 0.0763. The van der Waals surface area contributed by atoms with Gasteiger partial charge in [-0.05, 0) is 27.7 Å². The first kappa shape index (κ1) is 16.6. The Kier molecular flexibility index (Phi) is 3.65. The van der Waals surface area contributed by atoms with Crippen molar-refractivity contribution in [1.82, 2.24) is 0 Å². The maximum Gasteiger partial charge on any atom is 0.209 e. The van der Waals surface area contributed by atoms with Crippen molar-refractivity contribution in [2.24, 2.45) is 5.14 Å². The molecule has 0 bridgehead atoms. The van der Waals surface area contributed by atoms with Crippen LogP contribution in [0.5, 0.6) is 0 Å². The normalized spacial score (nSPS) is 42.9. The topological polar surface area (TPSA) is 106 Å². The van der Waals surface area contributed by atoms with Crippen LogP contribution in [-0.2, 0) is 33.7 Å². The second-order valence-electron chi connectivity index (χ2n) is 6.92. The third-order valence-corrected chi connectivity index (χ3v) is 4.78. The van der Waals surface area contributed by atoms with Crippen LogP contribution in [0.25, 0.3) is 0 Å². The highest BCUT2D eigenvalue weighted by molar-refractivity contribution is 7.89. The quantitative estimate of drug-likeness (QED) is 0.776. The van der Waals surface area contributed by atoms with E-state index in [0.29, 0.717) is 0 Å². The van der Waals surface area contributed by atoms with Gasteiger partial charge in [0.25, 0.3) is 0 Å². The number of nitrogens with two attached hydrogens (primary N) is 1. The number of hydrogen-bond acceptors (Lipinski definition) is 7. The summed E-state index contributed by atoms with van der Waals surface area (Å²) in [6, 6.07) is 0. The molecule has 3 aliphatic heterocycles. The zero-order chi connectivity index (χ0) is 16.4. The fraction of sp³-hybridized carbons (Fsp3) is 1.00. The zero-order valence-corrected chi connectivity index (χ0v) is 14.0. The summed E-state index contributed by atoms with van der Waals surface area (Å²) >= 11 is 0. The predicted octanol–water partition coefficient (Wildman–Crippen LogP) is 0.0631. The molecule has 128 valence electrons. The Morgan fingerprint density at radius 3 is 2.41 bits per heavy atom. The first-order valence-electron chi connectivity index (χ1n) is 7.30. The monoisotopic (exact) mass is 337 g/mol. The standard InChI is InChI=1S/C13H23NO7S/c1-11(2)18-8-7-17-13(5-6-22(14,15)16)10(9(8)19-11)20-12(3,4)21-13/h8-10H,5-7H2,1-4H3,(H2,14,15,16)/t8-,9?,10+,13+/m1/s1. The highest BCUT2D eigenvalue weighted by atomic mass is 32.2. The van der Waals surface area contributed by atoms with Crippen LogP contribution < -0.4 is 5.14 Å². The minimum atomic E-state index is -3.64. The van der Waals surface area contributed by atoms with Crippen molar-refractivity contribution in [3.8, 4) is 0 Å². The molecule has 3 saturated heterocycles. The molecule has 1 unspecified atom stereocenters. The first-order chi connectivity index (χ1) is 9.92. The molecular weight excluding hydrogens is 314 g/mol. The fourth-order valence-electron chi connectivity index (χ4n) is 3.34. The number of ether oxygens (including phenoxy) is 5. The summed E-state index contributed by atoms with van der Waals surface area (Å²) in [7, 11) is -3.64. The van der Waals surface area contributed by atoms with Gasteiger partial charge in [0.05, 0.1) is 12.4 Å². The van der Waals surface area contributed by atoms with Crippen LogP contribution in [0.4, 0.5) is 0 Å². The van der Waals surface area contributed by atoms with Gasteiger partial charge >= 0.3 is 0 Å². The van der Waals surface area contributed by atoms with Crippen molar-refractivity contribution in [3.05, 3.63) is 0 Å². The largest absolute Gasteiger partial charge is 0.344 e. The first-order valence-corrected chi connectivity index (χ1v) is 9.01. The molecule has 9 heteroatoms. The van der Waals surface area contributed by atoms with Gasteiger partial charge in [-0.2, -0.15) is 0 Å². The van der Waals surface area contributed by atoms with Crippen LogP contribution in [0.3, 0.4) is 0 Å². The second-order valence-corrected chi connectivity index (χ2v) is 8.65. The number of hydrogen-bond donors (Lipinski definition) is 1. The summed E-state index contributed by atoms with van der Waals surface area (Å²) in [5.74, 6) is -3.11. The number of rotatable bonds is 3. The van der Waals surface area contributed by atoms with E-state index in [2.05, 4.69) is 0 Å². The average Bonchev–Trinajstić information content (AvgIpc) is 2.78. The number of primary sulfonamides is 1. The molecule has 4 atom stereocenters. The van der Waals surface area contributed by atoms with E-state index in [1.807, 2.05) is 13.8 Å². The van der Waals surface area contributed by atoms with Gasteiger partial charge in [-0.25, -0.2) is 13.6 Å². The summed E-state index contributed by atoms with van der Waals surface area (Å²) < 4.78 is 52.1. The van der Waals surface area contributed by atoms with Crippen LogP contribution in [0, 0.1) is 0 Å². The van der Waals surface area contributed by atoms with Crippen LogP contribution in [-0.4, -0.2) is 56.5 Å². The molecule has 3 aliphatic rings. The van der Waals surface area contributed by atoms with Gasteiger partial charge in [0.2, 0.25) is 15.8 Å². The molecule has 0 radical (unpaired) electrons. The van der Waals surface area contributed by atoms with E-state index in [1.54, 1.807) is 13.8 Å². The van der Waals surface area contributed by atoms with E-state index in [9.17, 15) is 8.42 Å². The lowest BCUT2D eigenvalue weighted by Gasteiger charge is -2.40. The molecule has 0 aliphatic carbocycles. The smallest absolute Gasteiger partial charge is 0.209 e. The van der Waals surface area contributed by atoms with Crippen LogP contribution in [0.1, 0.15) is 34.1 Å². The highest BCUT2D eigenvalue weighted by Gasteiger charge is 2.65. The Balaban J connectivity index is 1.87.